The van der Waals surface area contributed by atoms with Crippen LogP contribution in [-0.2, 0) is 9.59 Å². The third kappa shape index (κ3) is 3.97. The molecule has 1 aliphatic rings. The van der Waals surface area contributed by atoms with Crippen LogP contribution in [0, 0.1) is 0 Å². The van der Waals surface area contributed by atoms with Crippen LogP contribution >= 0.6 is 12.2 Å². The van der Waals surface area contributed by atoms with Crippen LogP contribution < -0.4 is 4.90 Å². The number of hydrogen-bond acceptors (Lipinski definition) is 5. The summed E-state index contributed by atoms with van der Waals surface area (Å²) in [6.45, 7) is 6.25. The number of aliphatic hydroxyl groups excluding tert-OH is 1. The number of rotatable bonds is 5. The van der Waals surface area contributed by atoms with Crippen LogP contribution in [0.15, 0.2) is 60.3 Å². The molecule has 170 valence electrons. The number of aliphatic hydroxyl groups is 2. The molecule has 1 saturated heterocycles. The average molecular weight is 464 g/mol. The highest BCUT2D eigenvalue weighted by Gasteiger charge is 2.39. The van der Waals surface area contributed by atoms with Crippen LogP contribution in [-0.4, -0.2) is 43.2 Å². The smallest absolute Gasteiger partial charge is 0.270 e. The third-order valence-electron chi connectivity index (χ3n) is 5.72. The monoisotopic (exact) mass is 463 g/mol. The van der Waals surface area contributed by atoms with E-state index in [9.17, 15) is 19.8 Å². The molecule has 0 spiro atoms. The summed E-state index contributed by atoms with van der Waals surface area (Å²) in [5.74, 6) is -0.957. The first-order valence-corrected chi connectivity index (χ1v) is 11.1. The number of amides is 2. The van der Waals surface area contributed by atoms with Crippen LogP contribution in [0.2, 0.25) is 0 Å². The minimum atomic E-state index is -1.62. The van der Waals surface area contributed by atoms with Gasteiger partial charge in [-0.2, -0.15) is 0 Å². The highest BCUT2D eigenvalue weighted by atomic mass is 32.1. The van der Waals surface area contributed by atoms with Crippen molar-refractivity contribution >= 4 is 51.8 Å². The molecule has 0 unspecified atom stereocenters. The van der Waals surface area contributed by atoms with E-state index in [0.717, 1.165) is 16.5 Å². The molecule has 2 heterocycles. The Morgan fingerprint density at radius 1 is 1.00 bits per heavy atom. The minimum Gasteiger partial charge on any atom is -0.364 e. The van der Waals surface area contributed by atoms with Crippen molar-refractivity contribution in [3.8, 4) is 0 Å². The van der Waals surface area contributed by atoms with Crippen molar-refractivity contribution < 1.29 is 19.8 Å². The summed E-state index contributed by atoms with van der Waals surface area (Å²) >= 11 is 5.48. The van der Waals surface area contributed by atoms with Gasteiger partial charge in [0.25, 0.3) is 11.8 Å². The first-order chi connectivity index (χ1) is 15.7. The number of carbonyl (C=O) groups excluding carboxylic acids is 2. The molecule has 0 atom stereocenters. The molecule has 1 aromatic heterocycles. The van der Waals surface area contributed by atoms with Crippen LogP contribution in [0.5, 0.6) is 0 Å². The van der Waals surface area contributed by atoms with Crippen molar-refractivity contribution in [2.24, 2.45) is 0 Å². The first kappa shape index (κ1) is 22.8. The molecule has 2 amide bonds. The second-order valence-electron chi connectivity index (χ2n) is 8.10. The van der Waals surface area contributed by atoms with Gasteiger partial charge < -0.3 is 14.8 Å². The summed E-state index contributed by atoms with van der Waals surface area (Å²) in [5, 5.41) is 19.8. The number of anilines is 1. The van der Waals surface area contributed by atoms with E-state index in [1.807, 2.05) is 30.5 Å². The second-order valence-corrected chi connectivity index (χ2v) is 8.46. The maximum Gasteiger partial charge on any atom is 0.270 e. The summed E-state index contributed by atoms with van der Waals surface area (Å²) in [5.41, 5.74) is 2.54. The van der Waals surface area contributed by atoms with Crippen LogP contribution in [0.25, 0.3) is 17.0 Å². The summed E-state index contributed by atoms with van der Waals surface area (Å²) < 4.78 is 2.11. The van der Waals surface area contributed by atoms with Crippen molar-refractivity contribution in [2.45, 2.75) is 33.1 Å². The SMILES string of the molecule is CCN1C(=O)C(=Cc2cn(C(C)C)c3ccccc23)C(=O)N(c2ccc(C(O)O)cc2)C1=S. The lowest BCUT2D eigenvalue weighted by Crippen LogP contribution is -2.56. The lowest BCUT2D eigenvalue weighted by molar-refractivity contribution is -0.127. The first-order valence-electron chi connectivity index (χ1n) is 10.7. The van der Waals surface area contributed by atoms with Gasteiger partial charge in [0.1, 0.15) is 5.57 Å². The van der Waals surface area contributed by atoms with Gasteiger partial charge in [0.2, 0.25) is 0 Å². The molecule has 4 rings (SSSR count). The Kier molecular flexibility index (Phi) is 6.16. The predicted molar refractivity (Wildman–Crippen MR) is 131 cm³/mol. The van der Waals surface area contributed by atoms with Crippen molar-refractivity contribution in [2.75, 3.05) is 11.4 Å². The molecule has 0 bridgehead atoms. The molecule has 33 heavy (non-hydrogen) atoms. The number of likely N-dealkylation sites (N-methyl/N-ethyl adjacent to an activating group) is 1. The minimum absolute atomic E-state index is 0.0170. The Labute approximate surface area is 197 Å². The number of para-hydroxylation sites is 1. The van der Waals surface area contributed by atoms with E-state index < -0.39 is 18.1 Å². The standard InChI is InChI=1S/C25H25N3O4S/c1-4-26-22(29)20(13-17-14-27(15(2)3)21-8-6-5-7-19(17)21)23(30)28(25(26)33)18-11-9-16(10-12-18)24(31)32/h5-15,24,31-32H,4H2,1-3H3. The lowest BCUT2D eigenvalue weighted by Gasteiger charge is -2.36. The quantitative estimate of drug-likeness (QED) is 0.260. The largest absolute Gasteiger partial charge is 0.364 e. The summed E-state index contributed by atoms with van der Waals surface area (Å²) in [7, 11) is 0. The maximum absolute atomic E-state index is 13.5. The van der Waals surface area contributed by atoms with Crippen LogP contribution in [0.4, 0.5) is 5.69 Å². The fourth-order valence-corrected chi connectivity index (χ4v) is 4.41. The fourth-order valence-electron chi connectivity index (χ4n) is 4.01. The molecule has 2 N–H and O–H groups in total. The zero-order valence-corrected chi connectivity index (χ0v) is 19.4. The van der Waals surface area contributed by atoms with Gasteiger partial charge in [-0.05, 0) is 57.3 Å². The van der Waals surface area contributed by atoms with Crippen molar-refractivity contribution in [1.82, 2.24) is 9.47 Å². The molecule has 0 radical (unpaired) electrons. The zero-order valence-electron chi connectivity index (χ0n) is 18.6. The molecule has 8 heteroatoms. The van der Waals surface area contributed by atoms with Gasteiger partial charge in [0.15, 0.2) is 11.4 Å². The topological polar surface area (TPSA) is 86.0 Å². The number of aromatic nitrogens is 1. The average Bonchev–Trinajstić information content (AvgIpc) is 3.16. The summed E-state index contributed by atoms with van der Waals surface area (Å²) in [4.78, 5) is 29.4. The second kappa shape index (κ2) is 8.90. The summed E-state index contributed by atoms with van der Waals surface area (Å²) in [6, 6.07) is 14.2. The van der Waals surface area contributed by atoms with E-state index in [0.29, 0.717) is 12.2 Å². The van der Waals surface area contributed by atoms with E-state index in [4.69, 9.17) is 12.2 Å². The Bertz CT molecular complexity index is 1270. The molecular formula is C25H25N3O4S. The lowest BCUT2D eigenvalue weighted by atomic mass is 10.0. The van der Waals surface area contributed by atoms with E-state index in [-0.39, 0.29) is 22.3 Å². The van der Waals surface area contributed by atoms with Gasteiger partial charge in [-0.25, -0.2) is 0 Å². The van der Waals surface area contributed by atoms with Gasteiger partial charge in [-0.15, -0.1) is 0 Å². The maximum atomic E-state index is 13.5. The Morgan fingerprint density at radius 2 is 1.67 bits per heavy atom. The van der Waals surface area contributed by atoms with E-state index in [2.05, 4.69) is 18.4 Å². The van der Waals surface area contributed by atoms with Gasteiger partial charge in [-0.3, -0.25) is 19.4 Å². The number of fused-ring (bicyclic) bond motifs is 1. The van der Waals surface area contributed by atoms with Crippen molar-refractivity contribution in [3.63, 3.8) is 0 Å². The third-order valence-corrected chi connectivity index (χ3v) is 6.13. The van der Waals surface area contributed by atoms with Gasteiger partial charge >= 0.3 is 0 Å². The number of thiocarbonyl (C=S) groups is 1. The molecule has 3 aromatic rings. The Morgan fingerprint density at radius 3 is 2.27 bits per heavy atom. The molecule has 1 aliphatic heterocycles. The fraction of sp³-hybridized carbons (Fsp3) is 0.240. The van der Waals surface area contributed by atoms with E-state index in [1.54, 1.807) is 25.1 Å². The Balaban J connectivity index is 1.84. The molecular weight excluding hydrogens is 438 g/mol. The van der Waals surface area contributed by atoms with Gasteiger partial charge in [-0.1, -0.05) is 30.3 Å². The molecule has 7 nitrogen and oxygen atoms in total. The predicted octanol–water partition coefficient (Wildman–Crippen LogP) is 3.77. The number of hydrogen-bond donors (Lipinski definition) is 2. The highest BCUT2D eigenvalue weighted by molar-refractivity contribution is 7.80. The number of benzene rings is 2. The molecule has 0 aliphatic carbocycles. The van der Waals surface area contributed by atoms with Gasteiger partial charge in [0, 0.05) is 40.8 Å². The molecule has 2 aromatic carbocycles. The number of carbonyl (C=O) groups is 2. The van der Waals surface area contributed by atoms with Gasteiger partial charge in [0.05, 0.1) is 5.69 Å². The zero-order chi connectivity index (χ0) is 23.9. The van der Waals surface area contributed by atoms with Crippen molar-refractivity contribution in [3.05, 3.63) is 71.4 Å². The highest BCUT2D eigenvalue weighted by Crippen LogP contribution is 2.30. The Hall–Kier alpha value is -3.33. The summed E-state index contributed by atoms with van der Waals surface area (Å²) in [6.07, 6.45) is 1.97. The van der Waals surface area contributed by atoms with E-state index in [1.165, 1.54) is 21.9 Å². The van der Waals surface area contributed by atoms with E-state index >= 15 is 0 Å². The number of nitrogens with zero attached hydrogens (tertiary/aromatic N) is 3. The van der Waals surface area contributed by atoms with Crippen molar-refractivity contribution in [1.29, 1.82) is 0 Å². The molecule has 1 fully saturated rings. The van der Waals surface area contributed by atoms with Crippen LogP contribution in [0.1, 0.15) is 44.2 Å². The normalized spacial score (nSPS) is 16.2. The molecule has 0 saturated carbocycles. The van der Waals surface area contributed by atoms with Crippen LogP contribution in [0.3, 0.4) is 0 Å².